The third kappa shape index (κ3) is 2.19. The molecule has 14 heavy (non-hydrogen) atoms. The molecule has 0 unspecified atom stereocenters. The van der Waals surface area contributed by atoms with Crippen LogP contribution < -0.4 is 0 Å². The zero-order chi connectivity index (χ0) is 9.97. The molecule has 0 radical (unpaired) electrons. The van der Waals surface area contributed by atoms with Gasteiger partial charge in [0, 0.05) is 21.2 Å². The van der Waals surface area contributed by atoms with Gasteiger partial charge in [-0.2, -0.15) is 12.6 Å². The molecule has 0 bridgehead atoms. The van der Waals surface area contributed by atoms with Crippen molar-refractivity contribution in [2.75, 3.05) is 0 Å². The summed E-state index contributed by atoms with van der Waals surface area (Å²) in [5.74, 6) is 0.707. The first-order chi connectivity index (χ1) is 6.79. The van der Waals surface area contributed by atoms with Crippen molar-refractivity contribution < 1.29 is 0 Å². The van der Waals surface area contributed by atoms with Gasteiger partial charge in [0.1, 0.15) is 5.01 Å². The lowest BCUT2D eigenvalue weighted by Gasteiger charge is -1.96. The molecule has 1 aromatic heterocycles. The van der Waals surface area contributed by atoms with Gasteiger partial charge in [0.25, 0.3) is 0 Å². The summed E-state index contributed by atoms with van der Waals surface area (Å²) >= 11 is 9.29. The molecule has 0 N–H and O–H groups in total. The molecular formula is C10H8BrNS2. The van der Waals surface area contributed by atoms with Crippen LogP contribution in [0.5, 0.6) is 0 Å². The van der Waals surface area contributed by atoms with E-state index in [-0.39, 0.29) is 0 Å². The van der Waals surface area contributed by atoms with Gasteiger partial charge in [0.05, 0.1) is 5.69 Å². The van der Waals surface area contributed by atoms with Crippen molar-refractivity contribution in [3.63, 3.8) is 0 Å². The monoisotopic (exact) mass is 285 g/mol. The summed E-state index contributed by atoms with van der Waals surface area (Å²) in [6.45, 7) is 0. The Morgan fingerprint density at radius 2 is 2.29 bits per heavy atom. The smallest absolute Gasteiger partial charge is 0.103 e. The Balaban J connectivity index is 2.39. The number of hydrogen-bond acceptors (Lipinski definition) is 3. The van der Waals surface area contributed by atoms with Gasteiger partial charge in [-0.05, 0) is 12.1 Å². The van der Waals surface area contributed by atoms with E-state index in [9.17, 15) is 0 Å². The van der Waals surface area contributed by atoms with Crippen LogP contribution in [0.1, 0.15) is 5.01 Å². The van der Waals surface area contributed by atoms with Crippen LogP contribution in [0.25, 0.3) is 11.3 Å². The molecule has 72 valence electrons. The van der Waals surface area contributed by atoms with Gasteiger partial charge in [-0.25, -0.2) is 4.98 Å². The van der Waals surface area contributed by atoms with E-state index >= 15 is 0 Å². The summed E-state index contributed by atoms with van der Waals surface area (Å²) in [4.78, 5) is 4.46. The average Bonchev–Trinajstić information content (AvgIpc) is 2.66. The molecule has 0 fully saturated rings. The first kappa shape index (κ1) is 10.2. The topological polar surface area (TPSA) is 12.9 Å². The molecule has 4 heteroatoms. The van der Waals surface area contributed by atoms with Gasteiger partial charge >= 0.3 is 0 Å². The van der Waals surface area contributed by atoms with E-state index in [1.165, 1.54) is 0 Å². The van der Waals surface area contributed by atoms with E-state index in [1.54, 1.807) is 11.3 Å². The van der Waals surface area contributed by atoms with Gasteiger partial charge in [-0.1, -0.05) is 28.1 Å². The number of rotatable bonds is 2. The molecule has 0 atom stereocenters. The van der Waals surface area contributed by atoms with Crippen LogP contribution in [0, 0.1) is 0 Å². The average molecular weight is 286 g/mol. The van der Waals surface area contributed by atoms with Crippen molar-refractivity contribution in [1.82, 2.24) is 4.98 Å². The Hall–Kier alpha value is -0.320. The summed E-state index contributed by atoms with van der Waals surface area (Å²) in [6, 6.07) is 8.15. The Morgan fingerprint density at radius 1 is 1.43 bits per heavy atom. The lowest BCUT2D eigenvalue weighted by molar-refractivity contribution is 1.27. The number of nitrogens with zero attached hydrogens (tertiary/aromatic N) is 1. The van der Waals surface area contributed by atoms with Gasteiger partial charge in [-0.3, -0.25) is 0 Å². The van der Waals surface area contributed by atoms with Gasteiger partial charge in [0.2, 0.25) is 0 Å². The maximum atomic E-state index is 4.46. The standard InChI is InChI=1S/C10H8BrNS2/c11-8-3-1-2-7(4-8)9-6-14-10(5-13)12-9/h1-4,6,13H,5H2. The quantitative estimate of drug-likeness (QED) is 0.823. The summed E-state index contributed by atoms with van der Waals surface area (Å²) in [7, 11) is 0. The van der Waals surface area contributed by atoms with E-state index < -0.39 is 0 Å². The van der Waals surface area contributed by atoms with E-state index in [1.807, 2.05) is 12.1 Å². The van der Waals surface area contributed by atoms with Crippen LogP contribution in [0.3, 0.4) is 0 Å². The van der Waals surface area contributed by atoms with Crippen LogP contribution in [-0.4, -0.2) is 4.98 Å². The maximum Gasteiger partial charge on any atom is 0.103 e. The van der Waals surface area contributed by atoms with Crippen molar-refractivity contribution >= 4 is 39.9 Å². The van der Waals surface area contributed by atoms with E-state index in [2.05, 4.69) is 51.1 Å². The summed E-state index contributed by atoms with van der Waals surface area (Å²) in [6.07, 6.45) is 0. The molecule has 2 aromatic rings. The first-order valence-electron chi connectivity index (χ1n) is 4.11. The molecule has 0 spiro atoms. The Morgan fingerprint density at radius 3 is 2.93 bits per heavy atom. The normalized spacial score (nSPS) is 10.4. The van der Waals surface area contributed by atoms with E-state index in [0.29, 0.717) is 5.75 Å². The van der Waals surface area contributed by atoms with Gasteiger partial charge in [0.15, 0.2) is 0 Å². The summed E-state index contributed by atoms with van der Waals surface area (Å²) in [5, 5.41) is 3.12. The van der Waals surface area contributed by atoms with Crippen LogP contribution in [0.4, 0.5) is 0 Å². The van der Waals surface area contributed by atoms with E-state index in [4.69, 9.17) is 0 Å². The van der Waals surface area contributed by atoms with Crippen molar-refractivity contribution in [3.8, 4) is 11.3 Å². The zero-order valence-corrected chi connectivity index (χ0v) is 10.6. The van der Waals surface area contributed by atoms with Gasteiger partial charge in [-0.15, -0.1) is 11.3 Å². The van der Waals surface area contributed by atoms with Crippen LogP contribution in [0.2, 0.25) is 0 Å². The number of thiazole rings is 1. The number of hydrogen-bond donors (Lipinski definition) is 1. The highest BCUT2D eigenvalue weighted by molar-refractivity contribution is 9.10. The first-order valence-corrected chi connectivity index (χ1v) is 6.41. The Labute approximate surface area is 101 Å². The second-order valence-electron chi connectivity index (χ2n) is 2.79. The zero-order valence-electron chi connectivity index (χ0n) is 7.27. The third-order valence-electron chi connectivity index (χ3n) is 1.81. The lowest BCUT2D eigenvalue weighted by Crippen LogP contribution is -1.79. The fraction of sp³-hybridized carbons (Fsp3) is 0.100. The van der Waals surface area contributed by atoms with Crippen LogP contribution in [-0.2, 0) is 5.75 Å². The fourth-order valence-corrected chi connectivity index (χ4v) is 2.52. The molecule has 0 aliphatic heterocycles. The Kier molecular flexibility index (Phi) is 3.26. The molecule has 0 aliphatic carbocycles. The lowest BCUT2D eigenvalue weighted by atomic mass is 10.2. The molecule has 1 aromatic carbocycles. The molecule has 0 amide bonds. The van der Waals surface area contributed by atoms with Crippen molar-refractivity contribution in [2.45, 2.75) is 5.75 Å². The SMILES string of the molecule is SCc1nc(-c2cccc(Br)c2)cs1. The largest absolute Gasteiger partial charge is 0.240 e. The molecule has 0 saturated carbocycles. The molecule has 0 aliphatic rings. The predicted octanol–water partition coefficient (Wildman–Crippen LogP) is 4.00. The minimum atomic E-state index is 0.707. The second-order valence-corrected chi connectivity index (χ2v) is 4.97. The molecule has 0 saturated heterocycles. The molecule has 1 nitrogen and oxygen atoms in total. The highest BCUT2D eigenvalue weighted by atomic mass is 79.9. The fourth-order valence-electron chi connectivity index (χ4n) is 1.16. The van der Waals surface area contributed by atoms with Gasteiger partial charge < -0.3 is 0 Å². The number of halogens is 1. The van der Waals surface area contributed by atoms with Crippen LogP contribution in [0.15, 0.2) is 34.1 Å². The van der Waals surface area contributed by atoms with Crippen molar-refractivity contribution in [1.29, 1.82) is 0 Å². The molecule has 1 heterocycles. The maximum absolute atomic E-state index is 4.46. The third-order valence-corrected chi connectivity index (χ3v) is 3.66. The van der Waals surface area contributed by atoms with Crippen LogP contribution >= 0.6 is 39.9 Å². The highest BCUT2D eigenvalue weighted by Crippen LogP contribution is 2.24. The number of thiol groups is 1. The minimum absolute atomic E-state index is 0.707. The molecular weight excluding hydrogens is 278 g/mol. The second kappa shape index (κ2) is 4.47. The summed E-state index contributed by atoms with van der Waals surface area (Å²) in [5.41, 5.74) is 2.17. The number of aromatic nitrogens is 1. The molecule has 2 rings (SSSR count). The highest BCUT2D eigenvalue weighted by Gasteiger charge is 2.03. The summed E-state index contributed by atoms with van der Waals surface area (Å²) < 4.78 is 1.08. The Bertz CT molecular complexity index is 439. The van der Waals surface area contributed by atoms with Crippen molar-refractivity contribution in [3.05, 3.63) is 39.1 Å². The number of benzene rings is 1. The minimum Gasteiger partial charge on any atom is -0.240 e. The predicted molar refractivity (Wildman–Crippen MR) is 67.9 cm³/mol. The van der Waals surface area contributed by atoms with Crippen molar-refractivity contribution in [2.24, 2.45) is 0 Å². The van der Waals surface area contributed by atoms with E-state index in [0.717, 1.165) is 20.7 Å².